The van der Waals surface area contributed by atoms with Crippen molar-refractivity contribution < 1.29 is 58.5 Å². The summed E-state index contributed by atoms with van der Waals surface area (Å²) in [5.41, 5.74) is -4.43. The van der Waals surface area contributed by atoms with Crippen LogP contribution >= 0.6 is 11.3 Å². The van der Waals surface area contributed by atoms with Gasteiger partial charge in [-0.15, -0.1) is 11.3 Å². The Balaban J connectivity index is 1.75. The number of hydrogen-bond donors (Lipinski definition) is 2. The summed E-state index contributed by atoms with van der Waals surface area (Å²) in [5.74, 6) is -8.81. The summed E-state index contributed by atoms with van der Waals surface area (Å²) in [6, 6.07) is 4.30. The van der Waals surface area contributed by atoms with E-state index in [4.69, 9.17) is 14.6 Å². The first-order valence-electron chi connectivity index (χ1n) is 12.1. The number of methoxy groups -OCH3 is 1. The van der Waals surface area contributed by atoms with Crippen LogP contribution in [0.15, 0.2) is 46.8 Å². The maximum atomic E-state index is 15.8. The van der Waals surface area contributed by atoms with Crippen molar-refractivity contribution in [2.24, 2.45) is 0 Å². The van der Waals surface area contributed by atoms with E-state index in [2.05, 4.69) is 4.98 Å². The van der Waals surface area contributed by atoms with Crippen molar-refractivity contribution in [3.05, 3.63) is 76.2 Å². The number of carbonyl (C=O) groups is 1. The molecule has 0 bridgehead atoms. The monoisotopic (exact) mass is 664 g/mol. The first-order valence-corrected chi connectivity index (χ1v) is 14.5. The minimum Gasteiger partial charge on any atom is -0.495 e. The molecule has 0 aliphatic rings. The van der Waals surface area contributed by atoms with Crippen LogP contribution in [-0.2, 0) is 16.2 Å². The SMILES string of the molecule is COc1cc(C(=O)O)c(F)cc1NS(=O)(=O)c1csc(-c2ccc(-c3cc(F)c(C(F)(F)F)c(F)c3)c(OC(C)C)c2F)n1. The van der Waals surface area contributed by atoms with Crippen LogP contribution in [0.5, 0.6) is 11.5 Å². The van der Waals surface area contributed by atoms with Crippen molar-refractivity contribution in [3.63, 3.8) is 0 Å². The van der Waals surface area contributed by atoms with E-state index < -0.39 is 84.7 Å². The fourth-order valence-corrected chi connectivity index (χ4v) is 6.14. The number of ether oxygens (including phenoxy) is 2. The van der Waals surface area contributed by atoms with Gasteiger partial charge in [0.1, 0.15) is 33.8 Å². The van der Waals surface area contributed by atoms with E-state index in [-0.39, 0.29) is 21.9 Å². The van der Waals surface area contributed by atoms with Gasteiger partial charge in [-0.3, -0.25) is 4.72 Å². The number of alkyl halides is 3. The van der Waals surface area contributed by atoms with Gasteiger partial charge in [-0.1, -0.05) is 0 Å². The minimum absolute atomic E-state index is 0.216. The van der Waals surface area contributed by atoms with Gasteiger partial charge in [0.05, 0.1) is 30.0 Å². The lowest BCUT2D eigenvalue weighted by Gasteiger charge is -2.18. The molecule has 0 atom stereocenters. The second-order valence-electron chi connectivity index (χ2n) is 9.22. The highest BCUT2D eigenvalue weighted by Crippen LogP contribution is 2.42. The molecule has 0 saturated carbocycles. The molecule has 1 aromatic heterocycles. The lowest BCUT2D eigenvalue weighted by atomic mass is 9.99. The molecule has 0 unspecified atom stereocenters. The second kappa shape index (κ2) is 12.0. The first kappa shape index (κ1) is 32.5. The highest BCUT2D eigenvalue weighted by molar-refractivity contribution is 7.92. The van der Waals surface area contributed by atoms with E-state index in [9.17, 15) is 39.6 Å². The Kier molecular flexibility index (Phi) is 8.84. The number of hydrogen-bond acceptors (Lipinski definition) is 7. The Hall–Kier alpha value is -4.38. The number of benzene rings is 3. The maximum Gasteiger partial charge on any atom is 0.422 e. The third kappa shape index (κ3) is 6.42. The predicted molar refractivity (Wildman–Crippen MR) is 144 cm³/mol. The molecule has 234 valence electrons. The van der Waals surface area contributed by atoms with E-state index in [0.717, 1.165) is 30.7 Å². The summed E-state index contributed by atoms with van der Waals surface area (Å²) in [7, 11) is -3.48. The fraction of sp³-hybridized carbons (Fsp3) is 0.185. The molecule has 0 amide bonds. The molecule has 44 heavy (non-hydrogen) atoms. The zero-order valence-electron chi connectivity index (χ0n) is 22.5. The van der Waals surface area contributed by atoms with E-state index >= 15 is 4.39 Å². The number of carboxylic acid groups (broad SMARTS) is 1. The van der Waals surface area contributed by atoms with Crippen molar-refractivity contribution in [2.45, 2.75) is 31.2 Å². The summed E-state index contributed by atoms with van der Waals surface area (Å²) < 4.78 is 136. The van der Waals surface area contributed by atoms with Crippen LogP contribution in [0.3, 0.4) is 0 Å². The third-order valence-corrected chi connectivity index (χ3v) is 8.11. The number of thiazole rings is 1. The van der Waals surface area contributed by atoms with Gasteiger partial charge in [0, 0.05) is 17.0 Å². The molecule has 0 fully saturated rings. The summed E-state index contributed by atoms with van der Waals surface area (Å²) in [5, 5.41) is 9.23. The Morgan fingerprint density at radius 1 is 1.00 bits per heavy atom. The number of halogens is 7. The molecule has 8 nitrogen and oxygen atoms in total. The van der Waals surface area contributed by atoms with Crippen LogP contribution in [-0.4, -0.2) is 37.7 Å². The number of aromatic carboxylic acids is 1. The maximum absolute atomic E-state index is 15.8. The van der Waals surface area contributed by atoms with E-state index in [0.29, 0.717) is 29.5 Å². The van der Waals surface area contributed by atoms with Crippen LogP contribution in [0.25, 0.3) is 21.7 Å². The molecule has 4 aromatic rings. The van der Waals surface area contributed by atoms with Gasteiger partial charge in [-0.05, 0) is 49.7 Å². The normalized spacial score (nSPS) is 12.0. The standard InChI is InChI=1S/C27H19F7N2O6S2/c1-11(2)42-24-13(12-6-17(29)22(18(30)7-12)27(32,33)34)4-5-14(23(24)31)25-35-21(10-43-25)44(39,40)36-19-9-16(28)15(26(37)38)8-20(19)41-3/h4-11,36H,1-3H3,(H,37,38). The van der Waals surface area contributed by atoms with Crippen LogP contribution in [0, 0.1) is 23.3 Å². The molecule has 0 saturated heterocycles. The van der Waals surface area contributed by atoms with Crippen molar-refractivity contribution in [1.29, 1.82) is 0 Å². The highest BCUT2D eigenvalue weighted by Gasteiger charge is 2.38. The minimum atomic E-state index is -5.32. The Morgan fingerprint density at radius 2 is 1.61 bits per heavy atom. The van der Waals surface area contributed by atoms with Gasteiger partial charge in [-0.25, -0.2) is 27.3 Å². The van der Waals surface area contributed by atoms with Crippen LogP contribution in [0.2, 0.25) is 0 Å². The van der Waals surface area contributed by atoms with E-state index in [1.807, 2.05) is 4.72 Å². The molecule has 0 aliphatic carbocycles. The largest absolute Gasteiger partial charge is 0.495 e. The number of carboxylic acids is 1. The summed E-state index contributed by atoms with van der Waals surface area (Å²) in [6.07, 6.45) is -6.04. The Morgan fingerprint density at radius 3 is 2.16 bits per heavy atom. The van der Waals surface area contributed by atoms with Gasteiger partial charge >= 0.3 is 12.1 Å². The number of rotatable bonds is 9. The van der Waals surface area contributed by atoms with Crippen molar-refractivity contribution in [2.75, 3.05) is 11.8 Å². The predicted octanol–water partition coefficient (Wildman–Crippen LogP) is 7.35. The topological polar surface area (TPSA) is 115 Å². The molecule has 17 heteroatoms. The molecule has 0 aliphatic heterocycles. The summed E-state index contributed by atoms with van der Waals surface area (Å²) in [6.45, 7) is 2.98. The zero-order chi connectivity index (χ0) is 32.7. The highest BCUT2D eigenvalue weighted by atomic mass is 32.2. The Labute approximate surface area is 248 Å². The van der Waals surface area contributed by atoms with Gasteiger partial charge in [-0.2, -0.15) is 21.6 Å². The molecule has 4 rings (SSSR count). The Bertz CT molecular complexity index is 1850. The lowest BCUT2D eigenvalue weighted by molar-refractivity contribution is -0.142. The second-order valence-corrected chi connectivity index (χ2v) is 11.7. The molecule has 3 aromatic carbocycles. The molecule has 1 heterocycles. The number of anilines is 1. The fourth-order valence-electron chi connectivity index (χ4n) is 3.97. The zero-order valence-corrected chi connectivity index (χ0v) is 24.1. The van der Waals surface area contributed by atoms with Gasteiger partial charge in [0.15, 0.2) is 16.6 Å². The smallest absolute Gasteiger partial charge is 0.422 e. The van der Waals surface area contributed by atoms with Crippen LogP contribution < -0.4 is 14.2 Å². The van der Waals surface area contributed by atoms with Crippen LogP contribution in [0.1, 0.15) is 29.8 Å². The van der Waals surface area contributed by atoms with Crippen LogP contribution in [0.4, 0.5) is 36.4 Å². The van der Waals surface area contributed by atoms with Crippen molar-refractivity contribution >= 4 is 33.0 Å². The molecule has 0 radical (unpaired) electrons. The van der Waals surface area contributed by atoms with Crippen molar-refractivity contribution in [3.8, 4) is 33.2 Å². The molecular formula is C27H19F7N2O6S2. The van der Waals surface area contributed by atoms with Gasteiger partial charge in [0.2, 0.25) is 0 Å². The molecular weight excluding hydrogens is 645 g/mol. The average molecular weight is 665 g/mol. The molecule has 0 spiro atoms. The molecule has 2 N–H and O–H groups in total. The van der Waals surface area contributed by atoms with E-state index in [1.54, 1.807) is 0 Å². The van der Waals surface area contributed by atoms with Gasteiger partial charge < -0.3 is 14.6 Å². The first-order chi connectivity index (χ1) is 20.4. The number of sulfonamides is 1. The van der Waals surface area contributed by atoms with Gasteiger partial charge in [0.25, 0.3) is 10.0 Å². The lowest BCUT2D eigenvalue weighted by Crippen LogP contribution is -2.15. The van der Waals surface area contributed by atoms with Crippen molar-refractivity contribution in [1.82, 2.24) is 4.98 Å². The quantitative estimate of drug-likeness (QED) is 0.180. The average Bonchev–Trinajstić information content (AvgIpc) is 3.39. The number of nitrogens with zero attached hydrogens (tertiary/aromatic N) is 1. The summed E-state index contributed by atoms with van der Waals surface area (Å²) >= 11 is 0.659. The van der Waals surface area contributed by atoms with E-state index in [1.165, 1.54) is 13.8 Å². The number of nitrogens with one attached hydrogen (secondary N) is 1. The number of aromatic nitrogens is 1. The third-order valence-electron chi connectivity index (χ3n) is 5.84. The summed E-state index contributed by atoms with van der Waals surface area (Å²) in [4.78, 5) is 15.1.